The highest BCUT2D eigenvalue weighted by atomic mass is 19.4. The lowest BCUT2D eigenvalue weighted by Gasteiger charge is -2.17. The van der Waals surface area contributed by atoms with Gasteiger partial charge >= 0.3 is 6.18 Å². The number of amides is 1. The van der Waals surface area contributed by atoms with Crippen LogP contribution < -0.4 is 15.4 Å². The fourth-order valence-electron chi connectivity index (χ4n) is 3.15. The summed E-state index contributed by atoms with van der Waals surface area (Å²) in [7, 11) is 1.83. The van der Waals surface area contributed by atoms with Crippen molar-refractivity contribution in [1.82, 2.24) is 20.4 Å². The minimum Gasteiger partial charge on any atom is -0.492 e. The Morgan fingerprint density at radius 3 is 2.70 bits per heavy atom. The zero-order valence-corrected chi connectivity index (χ0v) is 14.8. The summed E-state index contributed by atoms with van der Waals surface area (Å²) in [5, 5.41) is 10.2. The summed E-state index contributed by atoms with van der Waals surface area (Å²) in [6.07, 6.45) is -0.691. The van der Waals surface area contributed by atoms with Gasteiger partial charge in [-0.05, 0) is 29.8 Å². The second-order valence-corrected chi connectivity index (χ2v) is 6.48. The zero-order chi connectivity index (χ0) is 19.4. The summed E-state index contributed by atoms with van der Waals surface area (Å²) in [4.78, 5) is 12.4. The third kappa shape index (κ3) is 4.79. The normalized spacial score (nSPS) is 19.9. The van der Waals surface area contributed by atoms with Gasteiger partial charge in [0.05, 0.1) is 24.2 Å². The summed E-state index contributed by atoms with van der Waals surface area (Å²) in [5.41, 5.74) is 0.294. The number of ether oxygens (including phenoxy) is 1. The molecule has 6 nitrogen and oxygen atoms in total. The number of halogens is 3. The van der Waals surface area contributed by atoms with Crippen molar-refractivity contribution in [2.75, 3.05) is 26.2 Å². The van der Waals surface area contributed by atoms with Gasteiger partial charge < -0.3 is 15.4 Å². The molecule has 3 rings (SSSR count). The van der Waals surface area contributed by atoms with E-state index < -0.39 is 11.7 Å². The van der Waals surface area contributed by atoms with Gasteiger partial charge in [0.25, 0.3) is 0 Å². The molecule has 1 aromatic carbocycles. The van der Waals surface area contributed by atoms with Gasteiger partial charge in [0.2, 0.25) is 5.91 Å². The van der Waals surface area contributed by atoms with Crippen LogP contribution in [0.4, 0.5) is 13.2 Å². The molecule has 0 aliphatic carbocycles. The van der Waals surface area contributed by atoms with Crippen LogP contribution >= 0.6 is 0 Å². The minimum atomic E-state index is -4.37. The number of carbonyl (C=O) groups excluding carboxylic acids is 1. The molecule has 1 fully saturated rings. The van der Waals surface area contributed by atoms with Crippen LogP contribution in [0.3, 0.4) is 0 Å². The van der Waals surface area contributed by atoms with E-state index in [1.54, 1.807) is 10.9 Å². The maximum Gasteiger partial charge on any atom is 0.416 e. The number of hydrogen-bond acceptors (Lipinski definition) is 4. The number of nitrogens with one attached hydrogen (secondary N) is 2. The fraction of sp³-hybridized carbons (Fsp3) is 0.444. The maximum absolute atomic E-state index is 12.5. The van der Waals surface area contributed by atoms with Crippen molar-refractivity contribution in [3.05, 3.63) is 47.8 Å². The molecule has 2 N–H and O–H groups in total. The Hall–Kier alpha value is -2.55. The van der Waals surface area contributed by atoms with E-state index in [4.69, 9.17) is 4.74 Å². The maximum atomic E-state index is 12.5. The van der Waals surface area contributed by atoms with Crippen molar-refractivity contribution < 1.29 is 22.7 Å². The molecule has 1 saturated heterocycles. The van der Waals surface area contributed by atoms with Gasteiger partial charge in [0.1, 0.15) is 12.4 Å². The molecular weight excluding hydrogens is 361 g/mol. The number of rotatable bonds is 6. The Kier molecular flexibility index (Phi) is 5.69. The first-order chi connectivity index (χ1) is 12.8. The first-order valence-corrected chi connectivity index (χ1v) is 8.61. The standard InChI is InChI=1S/C18H21F3N4O2/c1-25-11-12(8-24-25)15-9-22-10-16(15)17(26)23-6-7-27-14-4-2-13(3-5-14)18(19,20)21/h2-5,8,11,15-16,22H,6-7,9-10H2,1H3,(H,23,26)/t15-,16+/m1/s1. The fourth-order valence-corrected chi connectivity index (χ4v) is 3.15. The Morgan fingerprint density at radius 2 is 2.07 bits per heavy atom. The molecule has 9 heteroatoms. The van der Waals surface area contributed by atoms with E-state index in [1.807, 2.05) is 13.2 Å². The lowest BCUT2D eigenvalue weighted by atomic mass is 9.90. The van der Waals surface area contributed by atoms with E-state index in [2.05, 4.69) is 15.7 Å². The summed E-state index contributed by atoms with van der Waals surface area (Å²) in [6.45, 7) is 1.75. The second kappa shape index (κ2) is 7.99. The summed E-state index contributed by atoms with van der Waals surface area (Å²) in [5.74, 6) is 0.118. The van der Waals surface area contributed by atoms with Crippen LogP contribution in [0.5, 0.6) is 5.75 Å². The number of carbonyl (C=O) groups is 1. The number of hydrogen-bond donors (Lipinski definition) is 2. The predicted molar refractivity (Wildman–Crippen MR) is 92.3 cm³/mol. The van der Waals surface area contributed by atoms with Crippen molar-refractivity contribution in [3.63, 3.8) is 0 Å². The van der Waals surface area contributed by atoms with Gasteiger partial charge in [-0.15, -0.1) is 0 Å². The van der Waals surface area contributed by atoms with Crippen LogP contribution in [0.2, 0.25) is 0 Å². The number of alkyl halides is 3. The molecule has 0 unspecified atom stereocenters. The van der Waals surface area contributed by atoms with E-state index in [1.165, 1.54) is 12.1 Å². The molecule has 1 aliphatic rings. The van der Waals surface area contributed by atoms with E-state index in [-0.39, 0.29) is 30.9 Å². The molecule has 0 bridgehead atoms. The highest BCUT2D eigenvalue weighted by Crippen LogP contribution is 2.30. The summed E-state index contributed by atoms with van der Waals surface area (Å²) >= 11 is 0. The average Bonchev–Trinajstić information content (AvgIpc) is 3.27. The van der Waals surface area contributed by atoms with Crippen LogP contribution in [-0.4, -0.2) is 41.9 Å². The van der Waals surface area contributed by atoms with Crippen LogP contribution in [0, 0.1) is 5.92 Å². The molecule has 2 aromatic rings. The highest BCUT2D eigenvalue weighted by Gasteiger charge is 2.34. The number of nitrogens with zero attached hydrogens (tertiary/aromatic N) is 2. The van der Waals surface area contributed by atoms with E-state index in [9.17, 15) is 18.0 Å². The second-order valence-electron chi connectivity index (χ2n) is 6.48. The number of aromatic nitrogens is 2. The van der Waals surface area contributed by atoms with Crippen molar-refractivity contribution >= 4 is 5.91 Å². The van der Waals surface area contributed by atoms with Gasteiger partial charge in [-0.1, -0.05) is 0 Å². The monoisotopic (exact) mass is 382 g/mol. The molecule has 1 amide bonds. The van der Waals surface area contributed by atoms with Crippen molar-refractivity contribution in [3.8, 4) is 5.75 Å². The van der Waals surface area contributed by atoms with Crippen molar-refractivity contribution in [1.29, 1.82) is 0 Å². The van der Waals surface area contributed by atoms with Gasteiger partial charge in [0.15, 0.2) is 0 Å². The first-order valence-electron chi connectivity index (χ1n) is 8.61. The molecule has 1 aliphatic heterocycles. The Labute approximate surface area is 154 Å². The quantitative estimate of drug-likeness (QED) is 0.750. The van der Waals surface area contributed by atoms with Crippen LogP contribution in [0.1, 0.15) is 17.0 Å². The predicted octanol–water partition coefficient (Wildman–Crippen LogP) is 1.94. The minimum absolute atomic E-state index is 0.0644. The lowest BCUT2D eigenvalue weighted by molar-refractivity contribution is -0.137. The van der Waals surface area contributed by atoms with Gasteiger partial charge in [-0.3, -0.25) is 9.48 Å². The lowest BCUT2D eigenvalue weighted by Crippen LogP contribution is -2.36. The topological polar surface area (TPSA) is 68.2 Å². The molecular formula is C18H21F3N4O2. The molecule has 146 valence electrons. The van der Waals surface area contributed by atoms with Gasteiger partial charge in [-0.2, -0.15) is 18.3 Å². The van der Waals surface area contributed by atoms with E-state index in [0.29, 0.717) is 18.8 Å². The first kappa shape index (κ1) is 19.2. The molecule has 0 spiro atoms. The Balaban J connectivity index is 1.45. The average molecular weight is 382 g/mol. The van der Waals surface area contributed by atoms with Crippen LogP contribution in [0.15, 0.2) is 36.7 Å². The van der Waals surface area contributed by atoms with Crippen LogP contribution in [-0.2, 0) is 18.0 Å². The molecule has 2 heterocycles. The molecule has 1 aromatic heterocycles. The molecule has 0 radical (unpaired) electrons. The van der Waals surface area contributed by atoms with Crippen molar-refractivity contribution in [2.24, 2.45) is 13.0 Å². The highest BCUT2D eigenvalue weighted by molar-refractivity contribution is 5.80. The molecule has 0 saturated carbocycles. The van der Waals surface area contributed by atoms with E-state index in [0.717, 1.165) is 17.7 Å². The Bertz CT molecular complexity index is 774. The molecule has 2 atom stereocenters. The summed E-state index contributed by atoms with van der Waals surface area (Å²) in [6, 6.07) is 4.47. The van der Waals surface area contributed by atoms with Crippen LogP contribution in [0.25, 0.3) is 0 Å². The smallest absolute Gasteiger partial charge is 0.416 e. The Morgan fingerprint density at radius 1 is 1.33 bits per heavy atom. The summed E-state index contributed by atoms with van der Waals surface area (Å²) < 4.78 is 44.7. The van der Waals surface area contributed by atoms with E-state index >= 15 is 0 Å². The third-order valence-electron chi connectivity index (χ3n) is 4.56. The van der Waals surface area contributed by atoms with Gasteiger partial charge in [-0.25, -0.2) is 0 Å². The SMILES string of the molecule is Cn1cc([C@H]2CNC[C@@H]2C(=O)NCCOc2ccc(C(F)(F)F)cc2)cn1. The third-order valence-corrected chi connectivity index (χ3v) is 4.56. The number of aryl methyl sites for hydroxylation is 1. The largest absolute Gasteiger partial charge is 0.492 e. The van der Waals surface area contributed by atoms with Crippen molar-refractivity contribution in [2.45, 2.75) is 12.1 Å². The number of benzene rings is 1. The van der Waals surface area contributed by atoms with Gasteiger partial charge in [0, 0.05) is 32.3 Å². The zero-order valence-electron chi connectivity index (χ0n) is 14.8. The molecule has 27 heavy (non-hydrogen) atoms.